The molecule has 1 aromatic rings. The van der Waals surface area contributed by atoms with Crippen LogP contribution in [0.2, 0.25) is 0 Å². The number of carbonyl (C=O) groups excluding carboxylic acids is 1. The van der Waals surface area contributed by atoms with Gasteiger partial charge in [-0.2, -0.15) is 5.26 Å². The molecular formula is C16H19FN2O3. The first-order valence-corrected chi connectivity index (χ1v) is 7.27. The van der Waals surface area contributed by atoms with Crippen molar-refractivity contribution in [3.63, 3.8) is 0 Å². The Morgan fingerprint density at radius 3 is 2.86 bits per heavy atom. The molecule has 0 saturated carbocycles. The molecule has 1 aliphatic heterocycles. The van der Waals surface area contributed by atoms with Crippen molar-refractivity contribution in [2.75, 3.05) is 19.6 Å². The standard InChI is InChI=1S/C16H19FN2O3/c17-14-11-19(10-13(20)6-8-18)9-7-15(14)22-16(21)12-4-2-1-3-5-12/h1-5,13-15,20H,6-7,9-11H2/t13-,14?,15?/m1/s1. The summed E-state index contributed by atoms with van der Waals surface area (Å²) in [7, 11) is 0. The van der Waals surface area contributed by atoms with E-state index >= 15 is 0 Å². The van der Waals surface area contributed by atoms with Gasteiger partial charge in [0, 0.05) is 26.1 Å². The largest absolute Gasteiger partial charge is 0.456 e. The highest BCUT2D eigenvalue weighted by atomic mass is 19.1. The SMILES string of the molecule is N#CC[C@@H](O)CN1CCC(OC(=O)c2ccccc2)C(F)C1. The van der Waals surface area contributed by atoms with Crippen LogP contribution in [0.3, 0.4) is 0 Å². The van der Waals surface area contributed by atoms with Gasteiger partial charge in [-0.1, -0.05) is 18.2 Å². The summed E-state index contributed by atoms with van der Waals surface area (Å²) in [5.74, 6) is -0.522. The van der Waals surface area contributed by atoms with Crippen molar-refractivity contribution in [1.82, 2.24) is 4.90 Å². The monoisotopic (exact) mass is 306 g/mol. The fourth-order valence-corrected chi connectivity index (χ4v) is 2.49. The van der Waals surface area contributed by atoms with E-state index in [0.29, 0.717) is 18.5 Å². The van der Waals surface area contributed by atoms with Gasteiger partial charge in [0.2, 0.25) is 0 Å². The molecule has 1 aliphatic rings. The molecule has 0 radical (unpaired) electrons. The Kier molecular flexibility index (Phi) is 5.87. The van der Waals surface area contributed by atoms with Gasteiger partial charge in [0.05, 0.1) is 24.2 Å². The van der Waals surface area contributed by atoms with E-state index in [1.165, 1.54) is 0 Å². The number of hydrogen-bond acceptors (Lipinski definition) is 5. The van der Waals surface area contributed by atoms with E-state index in [-0.39, 0.29) is 19.5 Å². The number of ether oxygens (including phenoxy) is 1. The number of β-amino-alcohol motifs (C(OH)–C–C–N with tert-alkyl or cyclic N) is 1. The number of alkyl halides is 1. The van der Waals surface area contributed by atoms with Gasteiger partial charge in [-0.3, -0.25) is 4.90 Å². The van der Waals surface area contributed by atoms with E-state index < -0.39 is 24.3 Å². The number of aliphatic hydroxyl groups is 1. The lowest BCUT2D eigenvalue weighted by Crippen LogP contribution is -2.48. The van der Waals surface area contributed by atoms with Gasteiger partial charge in [-0.25, -0.2) is 9.18 Å². The molecule has 3 atom stereocenters. The first-order chi connectivity index (χ1) is 10.6. The molecule has 2 rings (SSSR count). The molecule has 0 spiro atoms. The summed E-state index contributed by atoms with van der Waals surface area (Å²) in [4.78, 5) is 13.7. The van der Waals surface area contributed by atoms with Gasteiger partial charge < -0.3 is 9.84 Å². The summed E-state index contributed by atoms with van der Waals surface area (Å²) in [6, 6.07) is 10.4. The second-order valence-corrected chi connectivity index (χ2v) is 5.39. The highest BCUT2D eigenvalue weighted by Crippen LogP contribution is 2.19. The minimum absolute atomic E-state index is 0.0277. The molecule has 22 heavy (non-hydrogen) atoms. The Bertz CT molecular complexity index is 532. The molecule has 0 aromatic heterocycles. The summed E-state index contributed by atoms with van der Waals surface area (Å²) < 4.78 is 19.4. The average molecular weight is 306 g/mol. The number of likely N-dealkylation sites (tertiary alicyclic amines) is 1. The number of carbonyl (C=O) groups is 1. The topological polar surface area (TPSA) is 73.6 Å². The van der Waals surface area contributed by atoms with Gasteiger partial charge >= 0.3 is 5.97 Å². The lowest BCUT2D eigenvalue weighted by molar-refractivity contribution is -0.0321. The van der Waals surface area contributed by atoms with E-state index in [9.17, 15) is 14.3 Å². The second kappa shape index (κ2) is 7.87. The number of nitriles is 1. The summed E-state index contributed by atoms with van der Waals surface area (Å²) in [5, 5.41) is 18.1. The van der Waals surface area contributed by atoms with Crippen molar-refractivity contribution >= 4 is 5.97 Å². The third-order valence-corrected chi connectivity index (χ3v) is 3.63. The van der Waals surface area contributed by atoms with Crippen LogP contribution in [0.1, 0.15) is 23.2 Å². The Morgan fingerprint density at radius 1 is 1.50 bits per heavy atom. The van der Waals surface area contributed by atoms with Crippen LogP contribution in [-0.4, -0.2) is 54.0 Å². The molecule has 0 amide bonds. The maximum absolute atomic E-state index is 14.1. The average Bonchev–Trinajstić information content (AvgIpc) is 2.51. The predicted molar refractivity (Wildman–Crippen MR) is 77.8 cm³/mol. The molecule has 6 heteroatoms. The summed E-state index contributed by atoms with van der Waals surface area (Å²) in [6.07, 6.45) is -2.44. The van der Waals surface area contributed by atoms with Crippen molar-refractivity contribution in [3.05, 3.63) is 35.9 Å². The Balaban J connectivity index is 1.83. The maximum atomic E-state index is 14.1. The molecule has 118 valence electrons. The molecule has 1 fully saturated rings. The van der Waals surface area contributed by atoms with Crippen LogP contribution in [0.4, 0.5) is 4.39 Å². The van der Waals surface area contributed by atoms with Crippen LogP contribution in [0.25, 0.3) is 0 Å². The number of rotatable bonds is 5. The van der Waals surface area contributed by atoms with E-state index in [0.717, 1.165) is 0 Å². The van der Waals surface area contributed by atoms with Crippen molar-refractivity contribution in [1.29, 1.82) is 5.26 Å². The van der Waals surface area contributed by atoms with Crippen molar-refractivity contribution < 1.29 is 19.0 Å². The first-order valence-electron chi connectivity index (χ1n) is 7.27. The van der Waals surface area contributed by atoms with Crippen LogP contribution in [0.5, 0.6) is 0 Å². The van der Waals surface area contributed by atoms with Gasteiger partial charge in [-0.15, -0.1) is 0 Å². The van der Waals surface area contributed by atoms with Gasteiger partial charge in [0.1, 0.15) is 12.3 Å². The molecule has 0 aliphatic carbocycles. The normalized spacial score (nSPS) is 23.5. The third-order valence-electron chi connectivity index (χ3n) is 3.63. The number of piperidine rings is 1. The molecule has 0 bridgehead atoms. The molecule has 1 saturated heterocycles. The van der Waals surface area contributed by atoms with Crippen LogP contribution >= 0.6 is 0 Å². The van der Waals surface area contributed by atoms with Crippen molar-refractivity contribution in [2.45, 2.75) is 31.2 Å². The van der Waals surface area contributed by atoms with E-state index in [2.05, 4.69) is 0 Å². The highest BCUT2D eigenvalue weighted by Gasteiger charge is 2.32. The number of benzene rings is 1. The molecule has 1 N–H and O–H groups in total. The van der Waals surface area contributed by atoms with E-state index in [1.807, 2.05) is 6.07 Å². The van der Waals surface area contributed by atoms with Crippen LogP contribution in [0.15, 0.2) is 30.3 Å². The third kappa shape index (κ3) is 4.52. The number of esters is 1. The van der Waals surface area contributed by atoms with Crippen LogP contribution in [0, 0.1) is 11.3 Å². The number of hydrogen-bond donors (Lipinski definition) is 1. The summed E-state index contributed by atoms with van der Waals surface area (Å²) in [6.45, 7) is 0.873. The van der Waals surface area contributed by atoms with Gasteiger partial charge in [0.25, 0.3) is 0 Å². The number of halogens is 1. The highest BCUT2D eigenvalue weighted by molar-refractivity contribution is 5.89. The predicted octanol–water partition coefficient (Wildman–Crippen LogP) is 1.53. The minimum Gasteiger partial charge on any atom is -0.456 e. The fraction of sp³-hybridized carbons (Fsp3) is 0.500. The van der Waals surface area contributed by atoms with Gasteiger partial charge in [0.15, 0.2) is 0 Å². The Morgan fingerprint density at radius 2 is 2.23 bits per heavy atom. The van der Waals surface area contributed by atoms with E-state index in [4.69, 9.17) is 10.00 Å². The molecule has 5 nitrogen and oxygen atoms in total. The zero-order valence-electron chi connectivity index (χ0n) is 12.2. The smallest absolute Gasteiger partial charge is 0.338 e. The number of nitrogens with zero attached hydrogens (tertiary/aromatic N) is 2. The lowest BCUT2D eigenvalue weighted by Gasteiger charge is -2.34. The molecular weight excluding hydrogens is 287 g/mol. The minimum atomic E-state index is -1.30. The number of aliphatic hydroxyl groups excluding tert-OH is 1. The Hall–Kier alpha value is -1.97. The lowest BCUT2D eigenvalue weighted by atomic mass is 10.0. The zero-order chi connectivity index (χ0) is 15.9. The van der Waals surface area contributed by atoms with Crippen LogP contribution < -0.4 is 0 Å². The Labute approximate surface area is 128 Å². The second-order valence-electron chi connectivity index (χ2n) is 5.39. The van der Waals surface area contributed by atoms with Gasteiger partial charge in [-0.05, 0) is 12.1 Å². The molecule has 2 unspecified atom stereocenters. The zero-order valence-corrected chi connectivity index (χ0v) is 12.2. The van der Waals surface area contributed by atoms with Crippen molar-refractivity contribution in [2.24, 2.45) is 0 Å². The maximum Gasteiger partial charge on any atom is 0.338 e. The molecule has 1 heterocycles. The summed E-state index contributed by atoms with van der Waals surface area (Å²) in [5.41, 5.74) is 0.404. The summed E-state index contributed by atoms with van der Waals surface area (Å²) >= 11 is 0. The van der Waals surface area contributed by atoms with Crippen molar-refractivity contribution in [3.8, 4) is 6.07 Å². The van der Waals surface area contributed by atoms with Crippen LogP contribution in [-0.2, 0) is 4.74 Å². The quantitative estimate of drug-likeness (QED) is 0.835. The fourth-order valence-electron chi connectivity index (χ4n) is 2.49. The van der Waals surface area contributed by atoms with E-state index in [1.54, 1.807) is 35.2 Å². The first kappa shape index (κ1) is 16.4. The molecule has 1 aromatic carbocycles.